The van der Waals surface area contributed by atoms with Gasteiger partial charge in [0, 0.05) is 35.6 Å². The van der Waals surface area contributed by atoms with Crippen molar-refractivity contribution in [2.75, 3.05) is 16.8 Å². The third-order valence-electron chi connectivity index (χ3n) is 5.86. The van der Waals surface area contributed by atoms with Crippen molar-refractivity contribution in [1.29, 1.82) is 0 Å². The number of benzene rings is 2. The van der Waals surface area contributed by atoms with Gasteiger partial charge in [0.05, 0.1) is 0 Å². The minimum Gasteiger partial charge on any atom is -0.337 e. The van der Waals surface area contributed by atoms with Crippen LogP contribution in [0.4, 0.5) is 11.6 Å². The fraction of sp³-hybridized carbons (Fsp3) is 0.250. The van der Waals surface area contributed by atoms with E-state index < -0.39 is 5.69 Å². The van der Waals surface area contributed by atoms with E-state index in [1.807, 2.05) is 32.0 Å². The first-order valence-corrected chi connectivity index (χ1v) is 11.1. The molecule has 0 bridgehead atoms. The second-order valence-corrected chi connectivity index (χ2v) is 8.72. The summed E-state index contributed by atoms with van der Waals surface area (Å²) in [5.74, 6) is 0.186. The average Bonchev–Trinajstić information content (AvgIpc) is 3.10. The van der Waals surface area contributed by atoms with Crippen LogP contribution in [-0.2, 0) is 24.3 Å². The van der Waals surface area contributed by atoms with Crippen molar-refractivity contribution >= 4 is 34.8 Å². The molecule has 0 aliphatic carbocycles. The van der Waals surface area contributed by atoms with Crippen molar-refractivity contribution in [2.45, 2.75) is 33.4 Å². The summed E-state index contributed by atoms with van der Waals surface area (Å²) in [6, 6.07) is 15.3. The largest absolute Gasteiger partial charge is 0.353 e. The van der Waals surface area contributed by atoms with E-state index in [9.17, 15) is 9.59 Å². The molecule has 2 aromatic carbocycles. The number of hydrogen-bond acceptors (Lipinski definition) is 5. The number of nitrogens with one attached hydrogen (secondary N) is 1. The molecule has 33 heavy (non-hydrogen) atoms. The van der Waals surface area contributed by atoms with Crippen molar-refractivity contribution < 1.29 is 4.79 Å². The molecule has 0 saturated heterocycles. The summed E-state index contributed by atoms with van der Waals surface area (Å²) in [5.41, 5.74) is 4.84. The van der Waals surface area contributed by atoms with Gasteiger partial charge in [0.1, 0.15) is 6.54 Å². The maximum atomic E-state index is 13.3. The Kier molecular flexibility index (Phi) is 5.38. The zero-order chi connectivity index (χ0) is 23.1. The first-order valence-electron chi connectivity index (χ1n) is 10.7. The van der Waals surface area contributed by atoms with E-state index in [0.29, 0.717) is 28.9 Å². The number of rotatable bonds is 4. The molecule has 168 valence electrons. The summed E-state index contributed by atoms with van der Waals surface area (Å²) < 4.78 is 2.66. The zero-order valence-electron chi connectivity index (χ0n) is 18.4. The van der Waals surface area contributed by atoms with Crippen LogP contribution in [0.2, 0.25) is 5.02 Å². The highest BCUT2D eigenvalue weighted by molar-refractivity contribution is 6.31. The van der Waals surface area contributed by atoms with Crippen molar-refractivity contribution in [3.63, 3.8) is 0 Å². The van der Waals surface area contributed by atoms with Gasteiger partial charge in [-0.2, -0.15) is 0 Å². The molecular weight excluding hydrogens is 440 g/mol. The van der Waals surface area contributed by atoms with Gasteiger partial charge in [-0.1, -0.05) is 41.9 Å². The zero-order valence-corrected chi connectivity index (χ0v) is 19.1. The summed E-state index contributed by atoms with van der Waals surface area (Å²) in [6.07, 6.45) is 0.873. The SMILES string of the molecule is Cc1cc2nn(CC(=O)Nc3cc(Cl)ccc3C)c(=O)n2c(N2CCc3ccccc3C2)n1. The van der Waals surface area contributed by atoms with Gasteiger partial charge >= 0.3 is 5.69 Å². The molecule has 1 amide bonds. The van der Waals surface area contributed by atoms with Gasteiger partial charge in [-0.05, 0) is 49.1 Å². The monoisotopic (exact) mass is 462 g/mol. The van der Waals surface area contributed by atoms with Gasteiger partial charge in [0.15, 0.2) is 5.65 Å². The highest BCUT2D eigenvalue weighted by atomic mass is 35.5. The van der Waals surface area contributed by atoms with Gasteiger partial charge in [0.25, 0.3) is 0 Å². The van der Waals surface area contributed by atoms with Crippen LogP contribution in [0, 0.1) is 13.8 Å². The molecule has 1 N–H and O–H groups in total. The maximum Gasteiger partial charge on any atom is 0.353 e. The van der Waals surface area contributed by atoms with Crippen LogP contribution >= 0.6 is 11.6 Å². The molecule has 0 radical (unpaired) electrons. The van der Waals surface area contributed by atoms with Gasteiger partial charge in [-0.25, -0.2) is 18.9 Å². The third-order valence-corrected chi connectivity index (χ3v) is 6.09. The Morgan fingerprint density at radius 2 is 1.91 bits per heavy atom. The van der Waals surface area contributed by atoms with Gasteiger partial charge in [0.2, 0.25) is 11.9 Å². The Hall–Kier alpha value is -3.65. The number of aryl methyl sites for hydroxylation is 2. The van der Waals surface area contributed by atoms with E-state index in [2.05, 4.69) is 32.4 Å². The second kappa shape index (κ2) is 8.37. The molecule has 0 fully saturated rings. The fourth-order valence-electron chi connectivity index (χ4n) is 4.17. The Balaban J connectivity index is 1.46. The lowest BCUT2D eigenvalue weighted by Crippen LogP contribution is -2.35. The first-order chi connectivity index (χ1) is 15.9. The number of carbonyl (C=O) groups is 1. The molecule has 0 spiro atoms. The number of halogens is 1. The molecule has 3 heterocycles. The summed E-state index contributed by atoms with van der Waals surface area (Å²) in [6.45, 7) is 4.94. The van der Waals surface area contributed by atoms with Crippen LogP contribution in [0.3, 0.4) is 0 Å². The molecule has 1 aliphatic rings. The molecule has 1 aliphatic heterocycles. The molecule has 8 nitrogen and oxygen atoms in total. The van der Waals surface area contributed by atoms with E-state index in [1.165, 1.54) is 20.2 Å². The standard InChI is InChI=1S/C24H23ClN6O2/c1-15-7-8-19(25)12-20(15)27-22(32)14-30-24(33)31-21(28-30)11-16(2)26-23(31)29-10-9-17-5-3-4-6-18(17)13-29/h3-8,11-12H,9-10,13-14H2,1-2H3,(H,27,32). The van der Waals surface area contributed by atoms with Crippen LogP contribution < -0.4 is 15.9 Å². The number of carbonyl (C=O) groups excluding carboxylic acids is 1. The summed E-state index contributed by atoms with van der Waals surface area (Å²) in [7, 11) is 0. The normalized spacial score (nSPS) is 13.2. The molecular formula is C24H23ClN6O2. The quantitative estimate of drug-likeness (QED) is 0.502. The Morgan fingerprint density at radius 1 is 1.12 bits per heavy atom. The van der Waals surface area contributed by atoms with Gasteiger partial charge in [-0.3, -0.25) is 4.79 Å². The predicted octanol–water partition coefficient (Wildman–Crippen LogP) is 3.36. The summed E-state index contributed by atoms with van der Waals surface area (Å²) >= 11 is 6.04. The van der Waals surface area contributed by atoms with E-state index in [4.69, 9.17) is 11.6 Å². The highest BCUT2D eigenvalue weighted by Gasteiger charge is 2.23. The Morgan fingerprint density at radius 3 is 2.73 bits per heavy atom. The van der Waals surface area contributed by atoms with Gasteiger partial charge in [-0.15, -0.1) is 5.10 Å². The van der Waals surface area contributed by atoms with E-state index >= 15 is 0 Å². The lowest BCUT2D eigenvalue weighted by atomic mass is 10.0. The summed E-state index contributed by atoms with van der Waals surface area (Å²) in [4.78, 5) is 32.7. The average molecular weight is 463 g/mol. The Labute approximate surface area is 195 Å². The van der Waals surface area contributed by atoms with Crippen molar-refractivity contribution in [3.05, 3.63) is 86.4 Å². The van der Waals surface area contributed by atoms with Crippen LogP contribution in [0.25, 0.3) is 5.65 Å². The van der Waals surface area contributed by atoms with Crippen molar-refractivity contribution in [2.24, 2.45) is 0 Å². The third kappa shape index (κ3) is 4.09. The lowest BCUT2D eigenvalue weighted by Gasteiger charge is -2.29. The smallest absolute Gasteiger partial charge is 0.337 e. The second-order valence-electron chi connectivity index (χ2n) is 8.28. The molecule has 2 aromatic heterocycles. The lowest BCUT2D eigenvalue weighted by molar-refractivity contribution is -0.117. The van der Waals surface area contributed by atoms with E-state index in [1.54, 1.807) is 18.2 Å². The predicted molar refractivity (Wildman–Crippen MR) is 128 cm³/mol. The molecule has 0 atom stereocenters. The number of hydrogen-bond donors (Lipinski definition) is 1. The molecule has 0 unspecified atom stereocenters. The molecule has 5 rings (SSSR count). The molecule has 9 heteroatoms. The fourth-order valence-corrected chi connectivity index (χ4v) is 4.34. The minimum atomic E-state index is -0.399. The first kappa shape index (κ1) is 21.2. The highest BCUT2D eigenvalue weighted by Crippen LogP contribution is 2.24. The summed E-state index contributed by atoms with van der Waals surface area (Å²) in [5, 5.41) is 7.74. The topological polar surface area (TPSA) is 84.5 Å². The van der Waals surface area contributed by atoms with E-state index in [0.717, 1.165) is 24.2 Å². The maximum absolute atomic E-state index is 13.3. The Bertz CT molecular complexity index is 1440. The molecule has 0 saturated carbocycles. The number of anilines is 2. The van der Waals surface area contributed by atoms with Crippen LogP contribution in [0.5, 0.6) is 0 Å². The van der Waals surface area contributed by atoms with Crippen LogP contribution in [0.1, 0.15) is 22.4 Å². The van der Waals surface area contributed by atoms with Crippen molar-refractivity contribution in [1.82, 2.24) is 19.2 Å². The van der Waals surface area contributed by atoms with Crippen LogP contribution in [-0.4, -0.2) is 31.6 Å². The number of nitrogens with zero attached hydrogens (tertiary/aromatic N) is 5. The van der Waals surface area contributed by atoms with E-state index in [-0.39, 0.29) is 12.5 Å². The number of fused-ring (bicyclic) bond motifs is 2. The van der Waals surface area contributed by atoms with Crippen molar-refractivity contribution in [3.8, 4) is 0 Å². The molecule has 4 aromatic rings. The van der Waals surface area contributed by atoms with Gasteiger partial charge < -0.3 is 10.2 Å². The number of amides is 1. The number of aromatic nitrogens is 4. The van der Waals surface area contributed by atoms with Crippen LogP contribution in [0.15, 0.2) is 53.3 Å². The minimum absolute atomic E-state index is 0.214.